The second kappa shape index (κ2) is 8.65. The van der Waals surface area contributed by atoms with E-state index in [1.54, 1.807) is 11.8 Å². The number of benzene rings is 2. The van der Waals surface area contributed by atoms with Crippen molar-refractivity contribution in [3.05, 3.63) is 70.0 Å². The van der Waals surface area contributed by atoms with Gasteiger partial charge in [0.2, 0.25) is 0 Å². The molecule has 0 amide bonds. The van der Waals surface area contributed by atoms with Gasteiger partial charge in [-0.1, -0.05) is 59.2 Å². The van der Waals surface area contributed by atoms with Crippen molar-refractivity contribution in [3.8, 4) is 5.69 Å². The summed E-state index contributed by atoms with van der Waals surface area (Å²) in [6.07, 6.45) is 2.51. The molecule has 4 nitrogen and oxygen atoms in total. The predicted octanol–water partition coefficient (Wildman–Crippen LogP) is 5.46. The Balaban J connectivity index is 1.62. The van der Waals surface area contributed by atoms with Gasteiger partial charge in [-0.2, -0.15) is 0 Å². The van der Waals surface area contributed by atoms with Gasteiger partial charge in [-0.3, -0.25) is 9.47 Å². The fourth-order valence-corrected chi connectivity index (χ4v) is 4.99. The molecule has 1 aromatic heterocycles. The van der Waals surface area contributed by atoms with Gasteiger partial charge in [0.15, 0.2) is 11.0 Å². The van der Waals surface area contributed by atoms with Crippen LogP contribution in [-0.4, -0.2) is 32.8 Å². The first-order valence-electron chi connectivity index (χ1n) is 9.00. The number of aromatic nitrogens is 3. The van der Waals surface area contributed by atoms with Crippen LogP contribution in [0, 0.1) is 0 Å². The molecule has 0 bridgehead atoms. The number of likely N-dealkylation sites (tertiary alicyclic amines) is 1. The lowest BCUT2D eigenvalue weighted by Crippen LogP contribution is -2.21. The molecule has 1 fully saturated rings. The van der Waals surface area contributed by atoms with Crippen molar-refractivity contribution in [1.29, 1.82) is 0 Å². The van der Waals surface area contributed by atoms with E-state index in [0.29, 0.717) is 15.8 Å². The third-order valence-corrected chi connectivity index (χ3v) is 6.35. The number of rotatable bonds is 6. The van der Waals surface area contributed by atoms with E-state index >= 15 is 0 Å². The number of halogens is 2. The van der Waals surface area contributed by atoms with E-state index in [1.165, 1.54) is 12.8 Å². The summed E-state index contributed by atoms with van der Waals surface area (Å²) in [6, 6.07) is 15.9. The Kier molecular flexibility index (Phi) is 6.03. The summed E-state index contributed by atoms with van der Waals surface area (Å²) in [5, 5.41) is 11.2. The Bertz CT molecular complexity index is 887. The molecular formula is C20H20Cl2N4S. The fraction of sp³-hybridized carbons (Fsp3) is 0.300. The normalized spacial score (nSPS) is 14.7. The van der Waals surface area contributed by atoms with E-state index in [2.05, 4.69) is 31.8 Å². The van der Waals surface area contributed by atoms with E-state index in [4.69, 9.17) is 23.2 Å². The number of nitrogens with zero attached hydrogens (tertiary/aromatic N) is 4. The standard InChI is InChI=1S/C20H20Cl2N4S/c21-17-9-6-10-18(22)16(17)14-27-20-24-23-19(13-25-11-4-5-12-25)26(20)15-7-2-1-3-8-15/h1-3,6-10H,4-5,11-14H2. The first kappa shape index (κ1) is 18.8. The van der Waals surface area contributed by atoms with Crippen molar-refractivity contribution in [2.24, 2.45) is 0 Å². The molecule has 1 aliphatic heterocycles. The van der Waals surface area contributed by atoms with Gasteiger partial charge in [0.05, 0.1) is 6.54 Å². The molecule has 27 heavy (non-hydrogen) atoms. The maximum absolute atomic E-state index is 6.32. The van der Waals surface area contributed by atoms with Crippen LogP contribution in [0.2, 0.25) is 10.0 Å². The SMILES string of the molecule is Clc1cccc(Cl)c1CSc1nnc(CN2CCCC2)n1-c1ccccc1. The molecule has 0 saturated carbocycles. The summed E-state index contributed by atoms with van der Waals surface area (Å²) in [4.78, 5) is 2.43. The van der Waals surface area contributed by atoms with Crippen molar-refractivity contribution < 1.29 is 0 Å². The third-order valence-electron chi connectivity index (χ3n) is 4.69. The Labute approximate surface area is 173 Å². The molecule has 2 heterocycles. The minimum absolute atomic E-state index is 0.646. The van der Waals surface area contributed by atoms with Crippen LogP contribution in [0.4, 0.5) is 0 Å². The summed E-state index contributed by atoms with van der Waals surface area (Å²) in [5.41, 5.74) is 2.00. The Morgan fingerprint density at radius 3 is 2.30 bits per heavy atom. The molecule has 0 radical (unpaired) electrons. The van der Waals surface area contributed by atoms with Crippen molar-refractivity contribution in [1.82, 2.24) is 19.7 Å². The van der Waals surface area contributed by atoms with Crippen LogP contribution < -0.4 is 0 Å². The highest BCUT2D eigenvalue weighted by atomic mass is 35.5. The van der Waals surface area contributed by atoms with E-state index in [1.807, 2.05) is 36.4 Å². The molecule has 0 N–H and O–H groups in total. The zero-order valence-electron chi connectivity index (χ0n) is 14.8. The molecule has 0 atom stereocenters. The molecule has 0 aliphatic carbocycles. The van der Waals surface area contributed by atoms with Crippen LogP contribution in [0.25, 0.3) is 5.69 Å². The Morgan fingerprint density at radius 1 is 0.889 bits per heavy atom. The van der Waals surface area contributed by atoms with E-state index in [9.17, 15) is 0 Å². The smallest absolute Gasteiger partial charge is 0.196 e. The number of para-hydroxylation sites is 1. The summed E-state index contributed by atoms with van der Waals surface area (Å²) in [6.45, 7) is 3.06. The van der Waals surface area contributed by atoms with Gasteiger partial charge in [0.25, 0.3) is 0 Å². The highest BCUT2D eigenvalue weighted by Crippen LogP contribution is 2.32. The highest BCUT2D eigenvalue weighted by molar-refractivity contribution is 7.98. The zero-order valence-corrected chi connectivity index (χ0v) is 17.1. The maximum Gasteiger partial charge on any atom is 0.196 e. The maximum atomic E-state index is 6.32. The van der Waals surface area contributed by atoms with Gasteiger partial charge < -0.3 is 0 Å². The van der Waals surface area contributed by atoms with Crippen LogP contribution >= 0.6 is 35.0 Å². The minimum atomic E-state index is 0.646. The number of hydrogen-bond acceptors (Lipinski definition) is 4. The first-order valence-corrected chi connectivity index (χ1v) is 10.7. The van der Waals surface area contributed by atoms with Crippen LogP contribution in [0.5, 0.6) is 0 Å². The monoisotopic (exact) mass is 418 g/mol. The average molecular weight is 419 g/mol. The fourth-order valence-electron chi connectivity index (χ4n) is 3.28. The Morgan fingerprint density at radius 2 is 1.59 bits per heavy atom. The molecule has 140 valence electrons. The quantitative estimate of drug-likeness (QED) is 0.497. The van der Waals surface area contributed by atoms with E-state index in [0.717, 1.165) is 41.9 Å². The molecule has 0 unspecified atom stereocenters. The molecular weight excluding hydrogens is 399 g/mol. The average Bonchev–Trinajstić information content (AvgIpc) is 3.32. The molecule has 0 spiro atoms. The summed E-state index contributed by atoms with van der Waals surface area (Å²) < 4.78 is 2.15. The lowest BCUT2D eigenvalue weighted by Gasteiger charge is -2.16. The van der Waals surface area contributed by atoms with Crippen molar-refractivity contribution >= 4 is 35.0 Å². The van der Waals surface area contributed by atoms with Crippen LogP contribution in [0.15, 0.2) is 53.7 Å². The summed E-state index contributed by atoms with van der Waals surface area (Å²) in [7, 11) is 0. The Hall–Kier alpha value is -1.53. The van der Waals surface area contributed by atoms with Crippen molar-refractivity contribution in [2.75, 3.05) is 13.1 Å². The molecule has 7 heteroatoms. The lowest BCUT2D eigenvalue weighted by atomic mass is 10.2. The van der Waals surface area contributed by atoms with Gasteiger partial charge in [-0.05, 0) is 55.8 Å². The van der Waals surface area contributed by atoms with Gasteiger partial charge in [-0.15, -0.1) is 10.2 Å². The second-order valence-electron chi connectivity index (χ2n) is 6.54. The lowest BCUT2D eigenvalue weighted by molar-refractivity contribution is 0.319. The molecule has 1 aliphatic rings. The first-order chi connectivity index (χ1) is 13.2. The largest absolute Gasteiger partial charge is 0.296 e. The van der Waals surface area contributed by atoms with Gasteiger partial charge in [0, 0.05) is 21.5 Å². The van der Waals surface area contributed by atoms with Gasteiger partial charge in [0.1, 0.15) is 0 Å². The number of thioether (sulfide) groups is 1. The predicted molar refractivity (Wildman–Crippen MR) is 112 cm³/mol. The summed E-state index contributed by atoms with van der Waals surface area (Å²) in [5.74, 6) is 1.61. The summed E-state index contributed by atoms with van der Waals surface area (Å²) >= 11 is 14.3. The van der Waals surface area contributed by atoms with Crippen LogP contribution in [-0.2, 0) is 12.3 Å². The highest BCUT2D eigenvalue weighted by Gasteiger charge is 2.20. The molecule has 4 rings (SSSR count). The topological polar surface area (TPSA) is 34.0 Å². The van der Waals surface area contributed by atoms with Crippen molar-refractivity contribution in [2.45, 2.75) is 30.3 Å². The van der Waals surface area contributed by atoms with E-state index < -0.39 is 0 Å². The zero-order chi connectivity index (χ0) is 18.6. The van der Waals surface area contributed by atoms with Crippen LogP contribution in [0.3, 0.4) is 0 Å². The van der Waals surface area contributed by atoms with Gasteiger partial charge in [-0.25, -0.2) is 0 Å². The molecule has 2 aromatic carbocycles. The van der Waals surface area contributed by atoms with E-state index in [-0.39, 0.29) is 0 Å². The van der Waals surface area contributed by atoms with Gasteiger partial charge >= 0.3 is 0 Å². The number of hydrogen-bond donors (Lipinski definition) is 0. The molecule has 1 saturated heterocycles. The minimum Gasteiger partial charge on any atom is -0.296 e. The van der Waals surface area contributed by atoms with Crippen molar-refractivity contribution in [3.63, 3.8) is 0 Å². The molecule has 3 aromatic rings. The van der Waals surface area contributed by atoms with Crippen LogP contribution in [0.1, 0.15) is 24.2 Å². The second-order valence-corrected chi connectivity index (χ2v) is 8.30. The third kappa shape index (κ3) is 4.32.